The number of nitrogens with zero attached hydrogens (tertiary/aromatic N) is 1. The largest absolute Gasteiger partial charge is 0.422 e. The molecule has 0 saturated heterocycles. The predicted octanol–water partition coefficient (Wildman–Crippen LogP) is 5.15. The van der Waals surface area contributed by atoms with E-state index in [0.717, 1.165) is 28.6 Å². The van der Waals surface area contributed by atoms with Crippen molar-refractivity contribution in [2.75, 3.05) is 0 Å². The van der Waals surface area contributed by atoms with Crippen LogP contribution < -0.4 is 5.63 Å². The van der Waals surface area contributed by atoms with Crippen LogP contribution in [-0.2, 0) is 6.42 Å². The lowest BCUT2D eigenvalue weighted by atomic mass is 10.1. The van der Waals surface area contributed by atoms with E-state index in [1.807, 2.05) is 53.9 Å². The smallest absolute Gasteiger partial charge is 0.346 e. The highest BCUT2D eigenvalue weighted by Gasteiger charge is 2.13. The molecule has 4 heteroatoms. The second-order valence-corrected chi connectivity index (χ2v) is 6.39. The van der Waals surface area contributed by atoms with Gasteiger partial charge < -0.3 is 4.42 Å². The van der Waals surface area contributed by atoms with Gasteiger partial charge in [-0.1, -0.05) is 49.4 Å². The van der Waals surface area contributed by atoms with E-state index in [1.54, 1.807) is 0 Å². The molecule has 0 atom stereocenters. The molecule has 24 heavy (non-hydrogen) atoms. The third kappa shape index (κ3) is 2.55. The molecule has 0 fully saturated rings. The van der Waals surface area contributed by atoms with Crippen LogP contribution in [-0.4, -0.2) is 4.98 Å². The highest BCUT2D eigenvalue weighted by molar-refractivity contribution is 7.13. The van der Waals surface area contributed by atoms with Gasteiger partial charge in [-0.15, -0.1) is 11.3 Å². The molecule has 0 aliphatic carbocycles. The summed E-state index contributed by atoms with van der Waals surface area (Å²) in [7, 11) is 0. The topological polar surface area (TPSA) is 43.1 Å². The number of aryl methyl sites for hydroxylation is 1. The Morgan fingerprint density at radius 1 is 1.08 bits per heavy atom. The number of fused-ring (bicyclic) bond motifs is 1. The molecule has 0 saturated carbocycles. The number of hydrogen-bond donors (Lipinski definition) is 0. The molecule has 3 nitrogen and oxygen atoms in total. The number of benzene rings is 2. The molecule has 0 aliphatic rings. The van der Waals surface area contributed by atoms with Crippen molar-refractivity contribution in [2.24, 2.45) is 0 Å². The summed E-state index contributed by atoms with van der Waals surface area (Å²) in [5.74, 6) is 0. The summed E-state index contributed by atoms with van der Waals surface area (Å²) in [5.41, 5.74) is 3.89. The van der Waals surface area contributed by atoms with Crippen LogP contribution in [0.5, 0.6) is 0 Å². The maximum Gasteiger partial charge on any atom is 0.346 e. The van der Waals surface area contributed by atoms with E-state index in [-0.39, 0.29) is 5.63 Å². The molecule has 0 radical (unpaired) electrons. The second-order valence-electron chi connectivity index (χ2n) is 5.53. The highest BCUT2D eigenvalue weighted by Crippen LogP contribution is 2.29. The van der Waals surface area contributed by atoms with Gasteiger partial charge in [-0.2, -0.15) is 0 Å². The van der Waals surface area contributed by atoms with Crippen LogP contribution in [0.2, 0.25) is 0 Å². The van der Waals surface area contributed by atoms with Crippen molar-refractivity contribution in [1.82, 2.24) is 4.98 Å². The monoisotopic (exact) mass is 333 g/mol. The molecule has 0 N–H and O–H groups in total. The summed E-state index contributed by atoms with van der Waals surface area (Å²) in [5, 5.41) is 3.64. The summed E-state index contributed by atoms with van der Waals surface area (Å²) in [6, 6.07) is 17.7. The van der Waals surface area contributed by atoms with Crippen LogP contribution in [0.15, 0.2) is 69.2 Å². The van der Waals surface area contributed by atoms with Crippen LogP contribution in [0.25, 0.3) is 32.8 Å². The Labute approximate surface area is 143 Å². The quantitative estimate of drug-likeness (QED) is 0.487. The van der Waals surface area contributed by atoms with Crippen LogP contribution >= 0.6 is 11.3 Å². The summed E-state index contributed by atoms with van der Waals surface area (Å²) in [6.07, 6.45) is 0.887. The van der Waals surface area contributed by atoms with Gasteiger partial charge in [0.15, 0.2) is 0 Å². The minimum Gasteiger partial charge on any atom is -0.422 e. The maximum absolute atomic E-state index is 12.4. The van der Waals surface area contributed by atoms with Gasteiger partial charge in [0.05, 0.1) is 11.3 Å². The summed E-state index contributed by atoms with van der Waals surface area (Å²) >= 11 is 1.46. The number of aromatic nitrogens is 1. The SMILES string of the molecule is CCc1cccc2oc(=O)c(-c3nc(-c4ccccc4)cs3)cc12. The standard InChI is InChI=1S/C20H15NO2S/c1-2-13-9-6-10-18-15(13)11-16(20(22)23-18)19-21-17(12-24-19)14-7-4-3-5-8-14/h3-12H,2H2,1H3. The fourth-order valence-corrected chi connectivity index (χ4v) is 3.63. The molecule has 0 spiro atoms. The fourth-order valence-electron chi connectivity index (χ4n) is 2.80. The molecule has 0 bridgehead atoms. The summed E-state index contributed by atoms with van der Waals surface area (Å²) in [4.78, 5) is 17.0. The lowest BCUT2D eigenvalue weighted by Crippen LogP contribution is -2.03. The molecule has 2 aromatic heterocycles. The fraction of sp³-hybridized carbons (Fsp3) is 0.100. The van der Waals surface area contributed by atoms with E-state index in [1.165, 1.54) is 11.3 Å². The summed E-state index contributed by atoms with van der Waals surface area (Å²) < 4.78 is 5.52. The minimum atomic E-state index is -0.343. The Bertz CT molecular complexity index is 1060. The molecular formula is C20H15NO2S. The molecule has 4 rings (SSSR count). The van der Waals surface area contributed by atoms with Crippen LogP contribution in [0.3, 0.4) is 0 Å². The molecule has 0 unspecified atom stereocenters. The third-order valence-corrected chi connectivity index (χ3v) is 4.93. The average molecular weight is 333 g/mol. The molecule has 2 heterocycles. The van der Waals surface area contributed by atoms with Crippen molar-refractivity contribution in [3.05, 3.63) is 76.0 Å². The zero-order valence-electron chi connectivity index (χ0n) is 13.2. The molecular weight excluding hydrogens is 318 g/mol. The lowest BCUT2D eigenvalue weighted by Gasteiger charge is -2.04. The Kier molecular flexibility index (Phi) is 3.75. The first-order valence-electron chi connectivity index (χ1n) is 7.83. The van der Waals surface area contributed by atoms with Gasteiger partial charge in [-0.05, 0) is 24.1 Å². The maximum atomic E-state index is 12.4. The van der Waals surface area contributed by atoms with Crippen molar-refractivity contribution >= 4 is 22.3 Å². The zero-order valence-corrected chi connectivity index (χ0v) is 14.0. The van der Waals surface area contributed by atoms with E-state index in [9.17, 15) is 4.79 Å². The van der Waals surface area contributed by atoms with E-state index in [4.69, 9.17) is 4.42 Å². The Balaban J connectivity index is 1.86. The first-order chi connectivity index (χ1) is 11.8. The van der Waals surface area contributed by atoms with E-state index < -0.39 is 0 Å². The van der Waals surface area contributed by atoms with Crippen molar-refractivity contribution in [3.63, 3.8) is 0 Å². The van der Waals surface area contributed by atoms with E-state index >= 15 is 0 Å². The first kappa shape index (κ1) is 14.8. The molecule has 4 aromatic rings. The van der Waals surface area contributed by atoms with Gasteiger partial charge in [0.1, 0.15) is 10.6 Å². The average Bonchev–Trinajstić information content (AvgIpc) is 3.11. The van der Waals surface area contributed by atoms with Crippen molar-refractivity contribution in [1.29, 1.82) is 0 Å². The van der Waals surface area contributed by atoms with Crippen molar-refractivity contribution in [2.45, 2.75) is 13.3 Å². The Morgan fingerprint density at radius 3 is 2.71 bits per heavy atom. The van der Waals surface area contributed by atoms with Gasteiger partial charge in [-0.3, -0.25) is 0 Å². The van der Waals surface area contributed by atoms with Crippen molar-refractivity contribution < 1.29 is 4.42 Å². The third-order valence-electron chi connectivity index (χ3n) is 4.05. The number of rotatable bonds is 3. The lowest BCUT2D eigenvalue weighted by molar-refractivity contribution is 0.563. The zero-order chi connectivity index (χ0) is 16.5. The normalized spacial score (nSPS) is 11.0. The molecule has 0 aliphatic heterocycles. The van der Waals surface area contributed by atoms with Gasteiger partial charge in [0.25, 0.3) is 0 Å². The van der Waals surface area contributed by atoms with Crippen LogP contribution in [0.1, 0.15) is 12.5 Å². The summed E-state index contributed by atoms with van der Waals surface area (Å²) in [6.45, 7) is 2.09. The van der Waals surface area contributed by atoms with Crippen LogP contribution in [0.4, 0.5) is 0 Å². The van der Waals surface area contributed by atoms with E-state index in [0.29, 0.717) is 16.2 Å². The van der Waals surface area contributed by atoms with Gasteiger partial charge in [-0.25, -0.2) is 9.78 Å². The predicted molar refractivity (Wildman–Crippen MR) is 98.4 cm³/mol. The van der Waals surface area contributed by atoms with Crippen LogP contribution in [0, 0.1) is 0 Å². The van der Waals surface area contributed by atoms with Crippen molar-refractivity contribution in [3.8, 4) is 21.8 Å². The molecule has 118 valence electrons. The number of hydrogen-bond acceptors (Lipinski definition) is 4. The number of thiazole rings is 1. The molecule has 0 amide bonds. The second kappa shape index (κ2) is 6.06. The van der Waals surface area contributed by atoms with Gasteiger partial charge in [0.2, 0.25) is 0 Å². The van der Waals surface area contributed by atoms with E-state index in [2.05, 4.69) is 18.0 Å². The van der Waals surface area contributed by atoms with Gasteiger partial charge in [0, 0.05) is 16.3 Å². The Hall–Kier alpha value is -2.72. The first-order valence-corrected chi connectivity index (χ1v) is 8.71. The Morgan fingerprint density at radius 2 is 1.92 bits per heavy atom. The highest BCUT2D eigenvalue weighted by atomic mass is 32.1. The molecule has 2 aromatic carbocycles. The van der Waals surface area contributed by atoms with Gasteiger partial charge >= 0.3 is 5.63 Å². The minimum absolute atomic E-state index is 0.343.